The van der Waals surface area contributed by atoms with Crippen molar-refractivity contribution in [3.63, 3.8) is 0 Å². The topological polar surface area (TPSA) is 21.3 Å². The van der Waals surface area contributed by atoms with Crippen LogP contribution in [0.15, 0.2) is 247 Å². The molecule has 0 saturated carbocycles. The standard InChI is InChI=1S/C60H40N2O/c1-4-20-41(21-5-1)44-38-39-46(43-24-8-3-9-25-43)57(40-44)62-54-34-16-12-29-51(54)59-55(35-19-36-56(59)62)61(52-32-14-10-26-45(52)42-22-6-2-7-23-42)53-33-15-11-27-47(53)49-30-18-31-50-48-28-13-17-37-58(48)63-60(49)50/h1-40H. The minimum Gasteiger partial charge on any atom is -0.455 e. The molecule has 2 aromatic heterocycles. The zero-order valence-electron chi connectivity index (χ0n) is 34.4. The molecule has 10 aromatic carbocycles. The van der Waals surface area contributed by atoms with Crippen LogP contribution in [-0.4, -0.2) is 4.57 Å². The van der Waals surface area contributed by atoms with E-state index in [0.717, 1.165) is 83.4 Å². The van der Waals surface area contributed by atoms with Crippen molar-refractivity contribution in [2.75, 3.05) is 4.90 Å². The zero-order chi connectivity index (χ0) is 41.7. The molecule has 0 fully saturated rings. The van der Waals surface area contributed by atoms with Gasteiger partial charge in [-0.05, 0) is 64.7 Å². The van der Waals surface area contributed by atoms with Crippen molar-refractivity contribution in [2.24, 2.45) is 0 Å². The number of nitrogens with zero attached hydrogens (tertiary/aromatic N) is 2. The van der Waals surface area contributed by atoms with Gasteiger partial charge in [0.2, 0.25) is 0 Å². The lowest BCUT2D eigenvalue weighted by atomic mass is 9.97. The highest BCUT2D eigenvalue weighted by atomic mass is 16.3. The molecular formula is C60H40N2O. The maximum Gasteiger partial charge on any atom is 0.143 e. The lowest BCUT2D eigenvalue weighted by Crippen LogP contribution is -2.13. The summed E-state index contributed by atoms with van der Waals surface area (Å²) in [6, 6.07) is 87.2. The van der Waals surface area contributed by atoms with Gasteiger partial charge in [0, 0.05) is 43.8 Å². The van der Waals surface area contributed by atoms with E-state index in [1.54, 1.807) is 0 Å². The molecule has 0 bridgehead atoms. The normalized spacial score (nSPS) is 11.5. The van der Waals surface area contributed by atoms with E-state index in [9.17, 15) is 0 Å². The number of anilines is 3. The van der Waals surface area contributed by atoms with Gasteiger partial charge in [-0.25, -0.2) is 0 Å². The summed E-state index contributed by atoms with van der Waals surface area (Å²) in [5.74, 6) is 0. The number of aromatic nitrogens is 1. The second-order valence-corrected chi connectivity index (χ2v) is 16.0. The monoisotopic (exact) mass is 804 g/mol. The van der Waals surface area contributed by atoms with Crippen molar-refractivity contribution in [3.05, 3.63) is 243 Å². The van der Waals surface area contributed by atoms with Crippen LogP contribution in [0.2, 0.25) is 0 Å². The van der Waals surface area contributed by atoms with E-state index in [1.165, 1.54) is 27.6 Å². The van der Waals surface area contributed by atoms with Gasteiger partial charge in [0.05, 0.1) is 33.8 Å². The molecule has 12 rings (SSSR count). The molecule has 0 saturated heterocycles. The van der Waals surface area contributed by atoms with Crippen LogP contribution in [0.3, 0.4) is 0 Å². The van der Waals surface area contributed by atoms with Gasteiger partial charge in [-0.15, -0.1) is 0 Å². The summed E-state index contributed by atoms with van der Waals surface area (Å²) in [6.07, 6.45) is 0. The van der Waals surface area contributed by atoms with Crippen LogP contribution in [0.4, 0.5) is 17.1 Å². The molecule has 0 amide bonds. The SMILES string of the molecule is c1ccc(-c2ccc(-c3ccccc3)c(-n3c4ccccc4c4c(N(c5ccccc5-c5ccccc5)c5ccccc5-c5cccc6c5oc5ccccc56)cccc43)c2)cc1. The van der Waals surface area contributed by atoms with E-state index in [1.807, 2.05) is 6.07 Å². The van der Waals surface area contributed by atoms with Crippen molar-refractivity contribution in [1.29, 1.82) is 0 Å². The van der Waals surface area contributed by atoms with E-state index in [0.29, 0.717) is 0 Å². The number of benzene rings is 10. The zero-order valence-corrected chi connectivity index (χ0v) is 34.4. The van der Waals surface area contributed by atoms with Gasteiger partial charge in [-0.2, -0.15) is 0 Å². The van der Waals surface area contributed by atoms with Crippen molar-refractivity contribution >= 4 is 60.8 Å². The maximum atomic E-state index is 6.72. The molecule has 2 heterocycles. The van der Waals surface area contributed by atoms with E-state index in [2.05, 4.69) is 246 Å². The third kappa shape index (κ3) is 6.13. The molecule has 0 aliphatic carbocycles. The summed E-state index contributed by atoms with van der Waals surface area (Å²) in [6.45, 7) is 0. The molecular weight excluding hydrogens is 765 g/mol. The Balaban J connectivity index is 1.18. The fraction of sp³-hybridized carbons (Fsp3) is 0. The highest BCUT2D eigenvalue weighted by molar-refractivity contribution is 6.18. The highest BCUT2D eigenvalue weighted by Gasteiger charge is 2.26. The summed E-state index contributed by atoms with van der Waals surface area (Å²) in [5, 5.41) is 4.55. The average molecular weight is 805 g/mol. The second kappa shape index (κ2) is 15.3. The Morgan fingerprint density at radius 2 is 0.841 bits per heavy atom. The van der Waals surface area contributed by atoms with Crippen molar-refractivity contribution in [2.45, 2.75) is 0 Å². The molecule has 0 atom stereocenters. The minimum absolute atomic E-state index is 0.879. The van der Waals surface area contributed by atoms with E-state index >= 15 is 0 Å². The first kappa shape index (κ1) is 36.5. The predicted octanol–water partition coefficient (Wildman–Crippen LogP) is 16.8. The molecule has 3 heteroatoms. The molecule has 63 heavy (non-hydrogen) atoms. The summed E-state index contributed by atoms with van der Waals surface area (Å²) < 4.78 is 9.20. The Hall–Kier alpha value is -8.40. The molecule has 0 radical (unpaired) electrons. The Morgan fingerprint density at radius 3 is 1.60 bits per heavy atom. The lowest BCUT2D eigenvalue weighted by molar-refractivity contribution is 0.670. The third-order valence-corrected chi connectivity index (χ3v) is 12.4. The average Bonchev–Trinajstić information content (AvgIpc) is 3.92. The van der Waals surface area contributed by atoms with Crippen LogP contribution in [0.1, 0.15) is 0 Å². The Labute approximate surface area is 366 Å². The quantitative estimate of drug-likeness (QED) is 0.153. The van der Waals surface area contributed by atoms with Gasteiger partial charge in [0.15, 0.2) is 0 Å². The molecule has 0 spiro atoms. The van der Waals surface area contributed by atoms with Crippen LogP contribution in [0, 0.1) is 0 Å². The van der Waals surface area contributed by atoms with Gasteiger partial charge in [-0.1, -0.05) is 200 Å². The van der Waals surface area contributed by atoms with Gasteiger partial charge < -0.3 is 13.9 Å². The molecule has 0 N–H and O–H groups in total. The highest BCUT2D eigenvalue weighted by Crippen LogP contribution is 2.50. The Kier molecular flexibility index (Phi) is 8.83. The van der Waals surface area contributed by atoms with Crippen LogP contribution in [0.25, 0.3) is 93.9 Å². The molecule has 0 aliphatic heterocycles. The largest absolute Gasteiger partial charge is 0.455 e. The van der Waals surface area contributed by atoms with Crippen LogP contribution in [-0.2, 0) is 0 Å². The first-order valence-electron chi connectivity index (χ1n) is 21.5. The summed E-state index contributed by atoms with van der Waals surface area (Å²) in [7, 11) is 0. The first-order valence-corrected chi connectivity index (χ1v) is 21.5. The molecule has 0 aliphatic rings. The summed E-state index contributed by atoms with van der Waals surface area (Å²) in [4.78, 5) is 2.48. The number of fused-ring (bicyclic) bond motifs is 6. The van der Waals surface area contributed by atoms with E-state index in [4.69, 9.17) is 4.42 Å². The lowest BCUT2D eigenvalue weighted by Gasteiger charge is -2.30. The van der Waals surface area contributed by atoms with Crippen molar-refractivity contribution in [1.82, 2.24) is 4.57 Å². The third-order valence-electron chi connectivity index (χ3n) is 12.4. The predicted molar refractivity (Wildman–Crippen MR) is 264 cm³/mol. The fourth-order valence-corrected chi connectivity index (χ4v) is 9.61. The second-order valence-electron chi connectivity index (χ2n) is 16.0. The summed E-state index contributed by atoms with van der Waals surface area (Å²) in [5.41, 5.74) is 17.4. The Morgan fingerprint density at radius 1 is 0.317 bits per heavy atom. The number of para-hydroxylation sites is 5. The van der Waals surface area contributed by atoms with E-state index < -0.39 is 0 Å². The number of rotatable bonds is 8. The van der Waals surface area contributed by atoms with E-state index in [-0.39, 0.29) is 0 Å². The van der Waals surface area contributed by atoms with Crippen molar-refractivity contribution in [3.8, 4) is 50.2 Å². The number of hydrogen-bond acceptors (Lipinski definition) is 2. The van der Waals surface area contributed by atoms with Gasteiger partial charge >= 0.3 is 0 Å². The van der Waals surface area contributed by atoms with Gasteiger partial charge in [0.25, 0.3) is 0 Å². The van der Waals surface area contributed by atoms with Gasteiger partial charge in [0.1, 0.15) is 11.2 Å². The molecule has 3 nitrogen and oxygen atoms in total. The summed E-state index contributed by atoms with van der Waals surface area (Å²) >= 11 is 0. The van der Waals surface area contributed by atoms with Gasteiger partial charge in [-0.3, -0.25) is 0 Å². The minimum atomic E-state index is 0.879. The van der Waals surface area contributed by atoms with Crippen LogP contribution in [0.5, 0.6) is 0 Å². The first-order chi connectivity index (χ1) is 31.3. The molecule has 12 aromatic rings. The van der Waals surface area contributed by atoms with Crippen LogP contribution < -0.4 is 4.90 Å². The van der Waals surface area contributed by atoms with Crippen molar-refractivity contribution < 1.29 is 4.42 Å². The molecule has 0 unspecified atom stereocenters. The Bertz CT molecular complexity index is 3620. The fourth-order valence-electron chi connectivity index (χ4n) is 9.61. The number of hydrogen-bond donors (Lipinski definition) is 0. The maximum absolute atomic E-state index is 6.72. The number of furan rings is 1. The van der Waals surface area contributed by atoms with Crippen LogP contribution >= 0.6 is 0 Å². The molecule has 296 valence electrons. The smallest absolute Gasteiger partial charge is 0.143 e.